The van der Waals surface area contributed by atoms with Crippen LogP contribution in [-0.2, 0) is 19.2 Å². The van der Waals surface area contributed by atoms with Crippen molar-refractivity contribution < 1.29 is 34.1 Å². The number of nitrogen functional groups attached to an aromatic ring is 1. The van der Waals surface area contributed by atoms with Crippen LogP contribution in [0.4, 0.5) is 17.2 Å². The van der Waals surface area contributed by atoms with E-state index < -0.39 is 18.2 Å². The number of carbonyl (C=O) groups excluding carboxylic acids is 4. The molecular formula is C61H81N11O7S. The van der Waals surface area contributed by atoms with Gasteiger partial charge in [-0.1, -0.05) is 88.4 Å². The molecule has 428 valence electrons. The molecule has 3 aromatic carbocycles. The van der Waals surface area contributed by atoms with Gasteiger partial charge in [0, 0.05) is 101 Å². The largest absolute Gasteiger partial charge is 0.507 e. The van der Waals surface area contributed by atoms with Gasteiger partial charge in [0.25, 0.3) is 0 Å². The summed E-state index contributed by atoms with van der Waals surface area (Å²) < 4.78 is 6.32. The van der Waals surface area contributed by atoms with Crippen LogP contribution in [0.1, 0.15) is 115 Å². The van der Waals surface area contributed by atoms with Gasteiger partial charge in [-0.15, -0.1) is 21.5 Å². The summed E-state index contributed by atoms with van der Waals surface area (Å²) in [4.78, 5) is 69.9. The van der Waals surface area contributed by atoms with E-state index in [1.807, 2.05) is 86.6 Å². The van der Waals surface area contributed by atoms with Crippen LogP contribution in [-0.4, -0.2) is 153 Å². The predicted octanol–water partition coefficient (Wildman–Crippen LogP) is 7.73. The third kappa shape index (κ3) is 14.4. The first-order chi connectivity index (χ1) is 38.7. The molecule has 2 bridgehead atoms. The van der Waals surface area contributed by atoms with Gasteiger partial charge in [0.15, 0.2) is 5.82 Å². The molecule has 0 aliphatic carbocycles. The van der Waals surface area contributed by atoms with Gasteiger partial charge < -0.3 is 50.9 Å². The third-order valence-electron chi connectivity index (χ3n) is 16.5. The van der Waals surface area contributed by atoms with Crippen LogP contribution >= 0.6 is 11.3 Å². The van der Waals surface area contributed by atoms with Crippen LogP contribution in [0.2, 0.25) is 0 Å². The van der Waals surface area contributed by atoms with Crippen molar-refractivity contribution in [2.24, 2.45) is 5.92 Å². The minimum atomic E-state index is -0.842. The van der Waals surface area contributed by atoms with E-state index in [0.717, 1.165) is 136 Å². The fourth-order valence-electron chi connectivity index (χ4n) is 12.0. The molecular weight excluding hydrogens is 1030 g/mol. The molecule has 18 nitrogen and oxygen atoms in total. The lowest BCUT2D eigenvalue weighted by atomic mass is 10.0. The zero-order valence-corrected chi connectivity index (χ0v) is 47.8. The van der Waals surface area contributed by atoms with Crippen molar-refractivity contribution in [3.63, 3.8) is 0 Å². The number of hydrogen-bond acceptors (Lipinski definition) is 15. The van der Waals surface area contributed by atoms with Gasteiger partial charge in [-0.25, -0.2) is 4.98 Å². The Bertz CT molecular complexity index is 2880. The van der Waals surface area contributed by atoms with E-state index >= 15 is 0 Å². The number of anilines is 3. The van der Waals surface area contributed by atoms with E-state index in [1.165, 1.54) is 4.90 Å². The molecule has 6 N–H and O–H groups in total. The number of carbonyl (C=O) groups is 4. The molecule has 4 amide bonds. The predicted molar refractivity (Wildman–Crippen MR) is 313 cm³/mol. The number of aromatic hydroxyl groups is 1. The van der Waals surface area contributed by atoms with Crippen molar-refractivity contribution in [3.05, 3.63) is 95.6 Å². The Balaban J connectivity index is 0.615. The molecule has 4 aliphatic rings. The minimum Gasteiger partial charge on any atom is -0.507 e. The number of β-amino-alcohol motifs (C(OH)–C–C–N with tert-alkyl or cyclic N) is 1. The molecule has 5 aromatic rings. The Morgan fingerprint density at radius 3 is 2.20 bits per heavy atom. The molecule has 2 aromatic heterocycles. The lowest BCUT2D eigenvalue weighted by Crippen LogP contribution is -2.55. The molecule has 4 unspecified atom stereocenters. The highest BCUT2D eigenvalue weighted by Gasteiger charge is 2.43. The maximum absolute atomic E-state index is 13.9. The summed E-state index contributed by atoms with van der Waals surface area (Å²) in [6.45, 7) is 13.7. The summed E-state index contributed by atoms with van der Waals surface area (Å²) in [7, 11) is 0. The number of piperazine rings is 2. The molecule has 19 heteroatoms. The Hall–Kier alpha value is -6.83. The Kier molecular flexibility index (Phi) is 19.6. The number of thiazole rings is 1. The number of nitrogens with one attached hydrogen (secondary N) is 2. The number of phenolic OH excluding ortho intramolecular Hbond substituents is 1. The number of hydrogen-bond donors (Lipinski definition) is 5. The second-order valence-electron chi connectivity index (χ2n) is 22.6. The van der Waals surface area contributed by atoms with E-state index in [9.17, 15) is 29.4 Å². The number of aliphatic hydroxyl groups is 1. The van der Waals surface area contributed by atoms with Crippen molar-refractivity contribution in [3.8, 4) is 33.2 Å². The molecule has 4 saturated heterocycles. The second-order valence-corrected chi connectivity index (χ2v) is 23.4. The number of aliphatic hydroxyl groups excluding tert-OH is 1. The van der Waals surface area contributed by atoms with Crippen LogP contribution in [0, 0.1) is 12.8 Å². The number of unbranched alkanes of at least 4 members (excludes halogenated alkanes) is 6. The van der Waals surface area contributed by atoms with Gasteiger partial charge in [-0.3, -0.25) is 24.1 Å². The summed E-state index contributed by atoms with van der Waals surface area (Å²) in [5.74, 6) is 0.538. The summed E-state index contributed by atoms with van der Waals surface area (Å²) >= 11 is 1.59. The second kappa shape index (κ2) is 27.1. The topological polar surface area (TPSA) is 223 Å². The van der Waals surface area contributed by atoms with Crippen molar-refractivity contribution in [1.29, 1.82) is 0 Å². The first kappa shape index (κ1) is 57.8. The van der Waals surface area contributed by atoms with Crippen molar-refractivity contribution in [1.82, 2.24) is 40.5 Å². The average molecular weight is 1110 g/mol. The highest BCUT2D eigenvalue weighted by molar-refractivity contribution is 7.13. The standard InChI is InChI=1S/C61H81N11O7S/c1-40(2)57(61(78)71-38-48(73)34-53(71)60(77)64-41(3)43-21-23-44(24-22-43)58-42(4)63-39-80-58)65-55(75)19-10-8-6-5-7-9-11-20-56(76)69-29-27-68(28-30-69)31-32-79-49-16-14-15-45(33-49)72-46-25-26-47(72)37-70(36-46)52-35-51(66-67-59(52)62)50-17-12-13-18-54(50)74/h12-18,21-24,33,35,39-41,46-48,53,57,73-74H,5-11,19-20,25-32,34,36-38H2,1-4H3,(H2,62,67)(H,64,77)(H,65,75)/t41?,46?,47?,48-,53+,57?/m1/s1. The third-order valence-corrected chi connectivity index (χ3v) is 17.5. The van der Waals surface area contributed by atoms with Gasteiger partial charge in [0.1, 0.15) is 30.2 Å². The molecule has 0 saturated carbocycles. The number of amides is 4. The number of para-hydroxylation sites is 1. The van der Waals surface area contributed by atoms with E-state index in [1.54, 1.807) is 23.5 Å². The number of fused-ring (bicyclic) bond motifs is 2. The van der Waals surface area contributed by atoms with Crippen molar-refractivity contribution >= 4 is 52.2 Å². The summed E-state index contributed by atoms with van der Waals surface area (Å²) in [6.07, 6.45) is 8.86. The monoisotopic (exact) mass is 1110 g/mol. The molecule has 4 fully saturated rings. The number of aryl methyl sites for hydroxylation is 1. The fraction of sp³-hybridized carbons (Fsp3) is 0.525. The SMILES string of the molecule is Cc1ncsc1-c1ccc(C(C)NC(=O)[C@@H]2C[C@@H](O)CN2C(=O)C(NC(=O)CCCCCCCCCC(=O)N2CCN(CCOc3cccc(N4C5CCC4CN(c4cc(-c6ccccc6O)nnc4N)C5)c3)CC2)C(C)C)cc1. The molecule has 6 atom stereocenters. The van der Waals surface area contributed by atoms with Gasteiger partial charge >= 0.3 is 0 Å². The zero-order valence-electron chi connectivity index (χ0n) is 47.0. The summed E-state index contributed by atoms with van der Waals surface area (Å²) in [5, 5.41) is 35.6. The lowest BCUT2D eigenvalue weighted by molar-refractivity contribution is -0.142. The number of phenols is 1. The van der Waals surface area contributed by atoms with E-state index in [0.29, 0.717) is 55.0 Å². The van der Waals surface area contributed by atoms with Crippen LogP contribution in [0.5, 0.6) is 11.5 Å². The first-order valence-electron chi connectivity index (χ1n) is 29.0. The van der Waals surface area contributed by atoms with E-state index in [-0.39, 0.29) is 54.3 Å². The smallest absolute Gasteiger partial charge is 0.246 e. The molecule has 9 rings (SSSR count). The van der Waals surface area contributed by atoms with Gasteiger partial charge in [-0.2, -0.15) is 0 Å². The zero-order chi connectivity index (χ0) is 56.3. The molecule has 80 heavy (non-hydrogen) atoms. The molecule has 6 heterocycles. The molecule has 0 spiro atoms. The number of likely N-dealkylation sites (tertiary alicyclic amines) is 1. The van der Waals surface area contributed by atoms with E-state index in [2.05, 4.69) is 58.7 Å². The maximum atomic E-state index is 13.9. The lowest BCUT2D eigenvalue weighted by Gasteiger charge is -2.43. The highest BCUT2D eigenvalue weighted by Crippen LogP contribution is 2.40. The number of benzene rings is 3. The number of nitrogens with two attached hydrogens (primary N) is 1. The number of aromatic nitrogens is 3. The normalized spacial score (nSPS) is 20.0. The van der Waals surface area contributed by atoms with Crippen molar-refractivity contribution in [2.45, 2.75) is 141 Å². The molecule has 0 radical (unpaired) electrons. The number of ether oxygens (including phenoxy) is 1. The average Bonchev–Trinajstić information content (AvgIpc) is 4.16. The first-order valence-corrected chi connectivity index (χ1v) is 29.8. The number of nitrogens with zero attached hydrogens (tertiary/aromatic N) is 8. The Morgan fingerprint density at radius 2 is 1.51 bits per heavy atom. The van der Waals surface area contributed by atoms with Crippen molar-refractivity contribution in [2.75, 3.05) is 74.5 Å². The van der Waals surface area contributed by atoms with Crippen LogP contribution in [0.15, 0.2) is 84.4 Å². The maximum Gasteiger partial charge on any atom is 0.246 e. The fourth-order valence-corrected chi connectivity index (χ4v) is 12.8. The highest BCUT2D eigenvalue weighted by atomic mass is 32.1. The van der Waals surface area contributed by atoms with Crippen LogP contribution in [0.25, 0.3) is 21.7 Å². The number of rotatable bonds is 24. The summed E-state index contributed by atoms with van der Waals surface area (Å²) in [6, 6.07) is 24.2. The van der Waals surface area contributed by atoms with Crippen LogP contribution < -0.4 is 30.9 Å². The van der Waals surface area contributed by atoms with E-state index in [4.69, 9.17) is 10.5 Å². The van der Waals surface area contributed by atoms with Gasteiger partial charge in [0.05, 0.1) is 39.6 Å². The summed E-state index contributed by atoms with van der Waals surface area (Å²) in [5.41, 5.74) is 14.4. The quantitative estimate of drug-likeness (QED) is 0.0373. The van der Waals surface area contributed by atoms with Gasteiger partial charge in [0.2, 0.25) is 23.6 Å². The van der Waals surface area contributed by atoms with Crippen LogP contribution in [0.3, 0.4) is 0 Å². The van der Waals surface area contributed by atoms with Gasteiger partial charge in [-0.05, 0) is 86.9 Å². The minimum absolute atomic E-state index is 0.0346. The Labute approximate surface area is 475 Å². The Morgan fingerprint density at radius 1 is 0.812 bits per heavy atom. The molecule has 4 aliphatic heterocycles.